The van der Waals surface area contributed by atoms with Crippen molar-refractivity contribution in [3.63, 3.8) is 0 Å². The normalized spacial score (nSPS) is 25.1. The van der Waals surface area contributed by atoms with Crippen molar-refractivity contribution in [2.24, 2.45) is 0 Å². The van der Waals surface area contributed by atoms with Crippen LogP contribution in [0.5, 0.6) is 0 Å². The number of unbranched alkanes of at least 4 members (excludes halogenated alkanes) is 1. The van der Waals surface area contributed by atoms with E-state index in [0.29, 0.717) is 11.8 Å². The van der Waals surface area contributed by atoms with Crippen molar-refractivity contribution < 1.29 is 4.79 Å². The van der Waals surface area contributed by atoms with E-state index in [-0.39, 0.29) is 5.78 Å². The smallest absolute Gasteiger partial charge is 0.160 e. The molecule has 1 fully saturated rings. The van der Waals surface area contributed by atoms with Gasteiger partial charge in [-0.2, -0.15) is 0 Å². The zero-order valence-corrected chi connectivity index (χ0v) is 10.1. The third-order valence-corrected chi connectivity index (χ3v) is 4.02. The van der Waals surface area contributed by atoms with Crippen LogP contribution in [-0.2, 0) is 4.79 Å². The summed E-state index contributed by atoms with van der Waals surface area (Å²) in [6, 6.07) is 0. The molecule has 0 amide bonds. The predicted octanol–water partition coefficient (Wildman–Crippen LogP) is 2.92. The summed E-state index contributed by atoms with van der Waals surface area (Å²) < 4.78 is 0. The molecule has 0 saturated carbocycles. The highest BCUT2D eigenvalue weighted by atomic mass is 32.2. The van der Waals surface area contributed by atoms with Crippen molar-refractivity contribution in [2.45, 2.75) is 38.5 Å². The Morgan fingerprint density at radius 1 is 1.60 bits per heavy atom. The van der Waals surface area contributed by atoms with Crippen molar-refractivity contribution in [1.82, 2.24) is 4.90 Å². The molecule has 1 saturated heterocycles. The Morgan fingerprint density at radius 2 is 2.40 bits per heavy atom. The van der Waals surface area contributed by atoms with E-state index in [2.05, 4.69) is 24.8 Å². The molecule has 1 aliphatic carbocycles. The SMILES string of the molecule is CCCCN1C2=CCC(=O)C=C2SC1C. The number of nitrogens with zero attached hydrogens (tertiary/aromatic N) is 1. The van der Waals surface area contributed by atoms with Gasteiger partial charge in [0, 0.05) is 23.6 Å². The van der Waals surface area contributed by atoms with Crippen LogP contribution in [0.1, 0.15) is 33.1 Å². The molecule has 1 unspecified atom stereocenters. The molecule has 2 rings (SSSR count). The standard InChI is InChI=1S/C12H17NOS/c1-3-4-7-13-9(2)15-12-8-10(14)5-6-11(12)13/h6,8-9H,3-5,7H2,1-2H3. The number of carbonyl (C=O) groups is 1. The van der Waals surface area contributed by atoms with Gasteiger partial charge in [-0.05, 0) is 19.4 Å². The molecule has 0 aromatic carbocycles. The van der Waals surface area contributed by atoms with Gasteiger partial charge in [-0.15, -0.1) is 0 Å². The van der Waals surface area contributed by atoms with Crippen molar-refractivity contribution >= 4 is 17.5 Å². The van der Waals surface area contributed by atoms with Crippen molar-refractivity contribution in [3.05, 3.63) is 22.8 Å². The van der Waals surface area contributed by atoms with E-state index >= 15 is 0 Å². The largest absolute Gasteiger partial charge is 0.359 e. The topological polar surface area (TPSA) is 20.3 Å². The molecule has 0 spiro atoms. The molecule has 2 nitrogen and oxygen atoms in total. The summed E-state index contributed by atoms with van der Waals surface area (Å²) in [5.74, 6) is 0.241. The van der Waals surface area contributed by atoms with Crippen molar-refractivity contribution in [3.8, 4) is 0 Å². The van der Waals surface area contributed by atoms with Crippen molar-refractivity contribution in [2.75, 3.05) is 6.54 Å². The van der Waals surface area contributed by atoms with E-state index in [9.17, 15) is 4.79 Å². The summed E-state index contributed by atoms with van der Waals surface area (Å²) in [4.78, 5) is 14.9. The Bertz CT molecular complexity index is 333. The van der Waals surface area contributed by atoms with Gasteiger partial charge in [-0.25, -0.2) is 0 Å². The molecule has 0 aromatic rings. The minimum atomic E-state index is 0.241. The molecule has 2 aliphatic rings. The first-order chi connectivity index (χ1) is 7.22. The molecule has 1 heterocycles. The van der Waals surface area contributed by atoms with Gasteiger partial charge < -0.3 is 4.90 Å². The maximum atomic E-state index is 11.3. The van der Waals surface area contributed by atoms with Gasteiger partial charge in [0.25, 0.3) is 0 Å². The van der Waals surface area contributed by atoms with Crippen LogP contribution in [0.3, 0.4) is 0 Å². The van der Waals surface area contributed by atoms with E-state index in [1.165, 1.54) is 23.4 Å². The predicted molar refractivity (Wildman–Crippen MR) is 64.5 cm³/mol. The number of hydrogen-bond acceptors (Lipinski definition) is 3. The fraction of sp³-hybridized carbons (Fsp3) is 0.583. The summed E-state index contributed by atoms with van der Waals surface area (Å²) in [7, 11) is 0. The van der Waals surface area contributed by atoms with Crippen LogP contribution >= 0.6 is 11.8 Å². The third kappa shape index (κ3) is 2.12. The lowest BCUT2D eigenvalue weighted by Crippen LogP contribution is -2.26. The summed E-state index contributed by atoms with van der Waals surface area (Å²) in [5, 5.41) is 0.486. The van der Waals surface area contributed by atoms with Crippen LogP contribution in [0.25, 0.3) is 0 Å². The summed E-state index contributed by atoms with van der Waals surface area (Å²) >= 11 is 1.81. The van der Waals surface area contributed by atoms with Crippen LogP contribution in [0.15, 0.2) is 22.8 Å². The zero-order chi connectivity index (χ0) is 10.8. The highest BCUT2D eigenvalue weighted by Gasteiger charge is 2.31. The molecule has 0 N–H and O–H groups in total. The molecular weight excluding hydrogens is 206 g/mol. The van der Waals surface area contributed by atoms with Gasteiger partial charge in [0.1, 0.15) is 0 Å². The molecular formula is C12H17NOS. The molecule has 1 atom stereocenters. The highest BCUT2D eigenvalue weighted by Crippen LogP contribution is 2.43. The lowest BCUT2D eigenvalue weighted by atomic mass is 10.1. The van der Waals surface area contributed by atoms with Gasteiger partial charge in [0.05, 0.1) is 5.37 Å². The Hall–Kier alpha value is -0.700. The molecule has 1 aliphatic heterocycles. The average Bonchev–Trinajstić information content (AvgIpc) is 2.50. The molecule has 0 bridgehead atoms. The van der Waals surface area contributed by atoms with E-state index in [1.54, 1.807) is 0 Å². The van der Waals surface area contributed by atoms with Gasteiger partial charge in [-0.1, -0.05) is 31.2 Å². The Morgan fingerprint density at radius 3 is 3.13 bits per heavy atom. The third-order valence-electron chi connectivity index (χ3n) is 2.84. The van der Waals surface area contributed by atoms with Crippen LogP contribution in [-0.4, -0.2) is 22.6 Å². The van der Waals surface area contributed by atoms with E-state index in [1.807, 2.05) is 17.8 Å². The van der Waals surface area contributed by atoms with Gasteiger partial charge in [-0.3, -0.25) is 4.79 Å². The number of allylic oxidation sites excluding steroid dienone is 2. The second-order valence-electron chi connectivity index (χ2n) is 4.03. The summed E-state index contributed by atoms with van der Waals surface area (Å²) in [5.41, 5.74) is 1.29. The maximum Gasteiger partial charge on any atom is 0.160 e. The monoisotopic (exact) mass is 223 g/mol. The van der Waals surface area contributed by atoms with E-state index in [4.69, 9.17) is 0 Å². The Balaban J connectivity index is 2.14. The second kappa shape index (κ2) is 4.44. The van der Waals surface area contributed by atoms with E-state index in [0.717, 1.165) is 6.54 Å². The van der Waals surface area contributed by atoms with Crippen LogP contribution in [0, 0.1) is 0 Å². The van der Waals surface area contributed by atoms with Crippen LogP contribution in [0.4, 0.5) is 0 Å². The fourth-order valence-corrected chi connectivity index (χ4v) is 3.24. The highest BCUT2D eigenvalue weighted by molar-refractivity contribution is 8.04. The minimum absolute atomic E-state index is 0.241. The number of hydrogen-bond donors (Lipinski definition) is 0. The van der Waals surface area contributed by atoms with Crippen LogP contribution < -0.4 is 0 Å². The molecule has 0 aromatic heterocycles. The number of carbonyl (C=O) groups excluding carboxylic acids is 1. The van der Waals surface area contributed by atoms with Crippen LogP contribution in [0.2, 0.25) is 0 Å². The Labute approximate surface area is 95.4 Å². The second-order valence-corrected chi connectivity index (χ2v) is 5.39. The van der Waals surface area contributed by atoms with E-state index < -0.39 is 0 Å². The first-order valence-corrected chi connectivity index (χ1v) is 6.48. The number of fused-ring (bicyclic) bond motifs is 1. The molecule has 82 valence electrons. The lowest BCUT2D eigenvalue weighted by molar-refractivity contribution is -0.114. The minimum Gasteiger partial charge on any atom is -0.359 e. The van der Waals surface area contributed by atoms with Gasteiger partial charge >= 0.3 is 0 Å². The lowest BCUT2D eigenvalue weighted by Gasteiger charge is -2.24. The maximum absolute atomic E-state index is 11.3. The van der Waals surface area contributed by atoms with Crippen molar-refractivity contribution in [1.29, 1.82) is 0 Å². The van der Waals surface area contributed by atoms with Gasteiger partial charge in [0.2, 0.25) is 0 Å². The number of thioether (sulfide) groups is 1. The number of rotatable bonds is 3. The quantitative estimate of drug-likeness (QED) is 0.733. The summed E-state index contributed by atoms with van der Waals surface area (Å²) in [6.07, 6.45) is 6.92. The molecule has 3 heteroatoms. The molecule has 0 radical (unpaired) electrons. The van der Waals surface area contributed by atoms with Gasteiger partial charge in [0.15, 0.2) is 5.78 Å². The first kappa shape index (κ1) is 10.8. The zero-order valence-electron chi connectivity index (χ0n) is 9.32. The first-order valence-electron chi connectivity index (χ1n) is 5.60. The summed E-state index contributed by atoms with van der Waals surface area (Å²) in [6.45, 7) is 5.54. The fourth-order valence-electron chi connectivity index (χ4n) is 2.00. The number of ketones is 1. The Kier molecular flexibility index (Phi) is 3.19. The average molecular weight is 223 g/mol. The molecule has 15 heavy (non-hydrogen) atoms.